The van der Waals surface area contributed by atoms with Gasteiger partial charge in [0.15, 0.2) is 0 Å². The van der Waals surface area contributed by atoms with E-state index in [0.717, 1.165) is 32.4 Å². The minimum atomic E-state index is 0.282. The molecule has 0 bridgehead atoms. The minimum absolute atomic E-state index is 0.282. The summed E-state index contributed by atoms with van der Waals surface area (Å²) in [5.41, 5.74) is 0. The molecule has 0 unspecified atom stereocenters. The molecule has 1 heterocycles. The number of aliphatic hydroxyl groups is 1. The van der Waals surface area contributed by atoms with Gasteiger partial charge >= 0.3 is 0 Å². The lowest BCUT2D eigenvalue weighted by Gasteiger charge is -2.32. The molecule has 2 aliphatic rings. The molecule has 0 aromatic rings. The van der Waals surface area contributed by atoms with E-state index in [1.807, 2.05) is 4.90 Å². The molecule has 18 heavy (non-hydrogen) atoms. The zero-order valence-electron chi connectivity index (χ0n) is 11.4. The summed E-state index contributed by atoms with van der Waals surface area (Å²) in [5.74, 6) is 1.42. The van der Waals surface area contributed by atoms with Crippen LogP contribution in [-0.4, -0.2) is 35.6 Å². The topological polar surface area (TPSA) is 40.5 Å². The number of carbonyl (C=O) groups is 1. The second-order valence-corrected chi connectivity index (χ2v) is 6.07. The lowest BCUT2D eigenvalue weighted by atomic mass is 9.94. The Kier molecular flexibility index (Phi) is 5.48. The van der Waals surface area contributed by atoms with Crippen LogP contribution in [0.25, 0.3) is 0 Å². The van der Waals surface area contributed by atoms with Gasteiger partial charge in [-0.15, -0.1) is 0 Å². The zero-order chi connectivity index (χ0) is 12.8. The molecular formula is C15H27NO2. The van der Waals surface area contributed by atoms with Gasteiger partial charge in [-0.3, -0.25) is 4.79 Å². The zero-order valence-corrected chi connectivity index (χ0v) is 11.4. The van der Waals surface area contributed by atoms with E-state index in [-0.39, 0.29) is 6.61 Å². The molecule has 1 aliphatic heterocycles. The van der Waals surface area contributed by atoms with Gasteiger partial charge in [-0.2, -0.15) is 0 Å². The predicted octanol–water partition coefficient (Wildman–Crippen LogP) is 2.58. The molecule has 1 saturated carbocycles. The van der Waals surface area contributed by atoms with Crippen molar-refractivity contribution in [1.82, 2.24) is 4.90 Å². The number of aliphatic hydroxyl groups excluding tert-OH is 1. The molecule has 3 heteroatoms. The van der Waals surface area contributed by atoms with Gasteiger partial charge in [0, 0.05) is 26.1 Å². The number of hydrogen-bond acceptors (Lipinski definition) is 2. The molecule has 1 aliphatic carbocycles. The number of amides is 1. The van der Waals surface area contributed by atoms with E-state index in [1.54, 1.807) is 0 Å². The summed E-state index contributed by atoms with van der Waals surface area (Å²) in [6, 6.07) is 0. The Balaban J connectivity index is 1.74. The van der Waals surface area contributed by atoms with E-state index in [1.165, 1.54) is 38.5 Å². The quantitative estimate of drug-likeness (QED) is 0.785. The molecule has 1 amide bonds. The van der Waals surface area contributed by atoms with Crippen molar-refractivity contribution in [1.29, 1.82) is 0 Å². The predicted molar refractivity (Wildman–Crippen MR) is 72.2 cm³/mol. The van der Waals surface area contributed by atoms with E-state index in [2.05, 4.69) is 0 Å². The molecule has 0 aromatic heterocycles. The molecule has 0 aromatic carbocycles. The van der Waals surface area contributed by atoms with E-state index in [0.29, 0.717) is 17.7 Å². The maximum atomic E-state index is 12.2. The Labute approximate surface area is 111 Å². The van der Waals surface area contributed by atoms with Gasteiger partial charge in [0.25, 0.3) is 0 Å². The van der Waals surface area contributed by atoms with Crippen LogP contribution in [-0.2, 0) is 4.79 Å². The van der Waals surface area contributed by atoms with Gasteiger partial charge in [0.1, 0.15) is 0 Å². The molecule has 0 spiro atoms. The summed E-state index contributed by atoms with van der Waals surface area (Å²) in [6.45, 7) is 2.00. The van der Waals surface area contributed by atoms with Crippen molar-refractivity contribution in [3.8, 4) is 0 Å². The largest absolute Gasteiger partial charge is 0.396 e. The van der Waals surface area contributed by atoms with Crippen molar-refractivity contribution >= 4 is 5.91 Å². The van der Waals surface area contributed by atoms with E-state index < -0.39 is 0 Å². The highest BCUT2D eigenvalue weighted by Gasteiger charge is 2.24. The monoisotopic (exact) mass is 253 g/mol. The van der Waals surface area contributed by atoms with Crippen LogP contribution in [0.5, 0.6) is 0 Å². The minimum Gasteiger partial charge on any atom is -0.396 e. The fraction of sp³-hybridized carbons (Fsp3) is 0.933. The lowest BCUT2D eigenvalue weighted by molar-refractivity contribution is -0.133. The number of carbonyl (C=O) groups excluding carboxylic acids is 1. The molecule has 0 atom stereocenters. The Morgan fingerprint density at radius 2 is 1.56 bits per heavy atom. The van der Waals surface area contributed by atoms with Crippen LogP contribution in [0, 0.1) is 11.8 Å². The van der Waals surface area contributed by atoms with Crippen LogP contribution in [0.2, 0.25) is 0 Å². The summed E-state index contributed by atoms with van der Waals surface area (Å²) >= 11 is 0. The average Bonchev–Trinajstić information content (AvgIpc) is 2.67. The van der Waals surface area contributed by atoms with Crippen molar-refractivity contribution < 1.29 is 9.90 Å². The van der Waals surface area contributed by atoms with Crippen molar-refractivity contribution in [3.05, 3.63) is 0 Å². The van der Waals surface area contributed by atoms with Crippen molar-refractivity contribution in [2.45, 2.75) is 57.8 Å². The molecule has 1 N–H and O–H groups in total. The van der Waals surface area contributed by atoms with Crippen LogP contribution in [0.4, 0.5) is 0 Å². The first-order chi connectivity index (χ1) is 8.79. The third-order valence-electron chi connectivity index (χ3n) is 4.66. The molecule has 2 rings (SSSR count). The third-order valence-corrected chi connectivity index (χ3v) is 4.66. The molecule has 0 radical (unpaired) electrons. The first kappa shape index (κ1) is 13.9. The second-order valence-electron chi connectivity index (χ2n) is 6.07. The lowest BCUT2D eigenvalue weighted by Crippen LogP contribution is -2.39. The Bertz CT molecular complexity index is 251. The smallest absolute Gasteiger partial charge is 0.222 e. The summed E-state index contributed by atoms with van der Waals surface area (Å²) in [4.78, 5) is 14.3. The van der Waals surface area contributed by atoms with E-state index in [4.69, 9.17) is 5.11 Å². The van der Waals surface area contributed by atoms with Gasteiger partial charge < -0.3 is 10.0 Å². The van der Waals surface area contributed by atoms with Gasteiger partial charge in [0.2, 0.25) is 5.91 Å². The number of hydrogen-bond donors (Lipinski definition) is 1. The van der Waals surface area contributed by atoms with Crippen LogP contribution < -0.4 is 0 Å². The molecule has 3 nitrogen and oxygen atoms in total. The summed E-state index contributed by atoms with van der Waals surface area (Å²) in [5, 5.41) is 9.10. The van der Waals surface area contributed by atoms with Crippen molar-refractivity contribution in [3.63, 3.8) is 0 Å². The number of nitrogens with zero attached hydrogens (tertiary/aromatic N) is 1. The van der Waals surface area contributed by atoms with Gasteiger partial charge in [-0.25, -0.2) is 0 Å². The van der Waals surface area contributed by atoms with Crippen LogP contribution in [0.1, 0.15) is 57.8 Å². The van der Waals surface area contributed by atoms with Gasteiger partial charge in [-0.05, 0) is 37.5 Å². The highest BCUT2D eigenvalue weighted by atomic mass is 16.3. The van der Waals surface area contributed by atoms with Crippen LogP contribution in [0.15, 0.2) is 0 Å². The van der Waals surface area contributed by atoms with Crippen LogP contribution >= 0.6 is 0 Å². The first-order valence-electron chi connectivity index (χ1n) is 7.68. The fourth-order valence-corrected chi connectivity index (χ4v) is 3.31. The summed E-state index contributed by atoms with van der Waals surface area (Å²) in [6.07, 6.45) is 10.6. The maximum absolute atomic E-state index is 12.2. The Hall–Kier alpha value is -0.570. The Morgan fingerprint density at radius 3 is 2.11 bits per heavy atom. The maximum Gasteiger partial charge on any atom is 0.222 e. The molecule has 104 valence electrons. The van der Waals surface area contributed by atoms with Crippen LogP contribution in [0.3, 0.4) is 0 Å². The van der Waals surface area contributed by atoms with E-state index >= 15 is 0 Å². The third kappa shape index (κ3) is 3.98. The summed E-state index contributed by atoms with van der Waals surface area (Å²) < 4.78 is 0. The summed E-state index contributed by atoms with van der Waals surface area (Å²) in [7, 11) is 0. The Morgan fingerprint density at radius 1 is 0.944 bits per heavy atom. The highest BCUT2D eigenvalue weighted by molar-refractivity contribution is 5.76. The fourth-order valence-electron chi connectivity index (χ4n) is 3.31. The average molecular weight is 253 g/mol. The van der Waals surface area contributed by atoms with Crippen molar-refractivity contribution in [2.75, 3.05) is 19.7 Å². The number of piperidine rings is 1. The first-order valence-corrected chi connectivity index (χ1v) is 7.68. The number of rotatable bonds is 3. The van der Waals surface area contributed by atoms with Gasteiger partial charge in [-0.1, -0.05) is 25.7 Å². The highest BCUT2D eigenvalue weighted by Crippen LogP contribution is 2.27. The van der Waals surface area contributed by atoms with Crippen molar-refractivity contribution in [2.24, 2.45) is 11.8 Å². The van der Waals surface area contributed by atoms with Gasteiger partial charge in [0.05, 0.1) is 0 Å². The molecule has 1 saturated heterocycles. The number of likely N-dealkylation sites (tertiary alicyclic amines) is 1. The normalized spacial score (nSPS) is 23.9. The second kappa shape index (κ2) is 7.13. The molecular weight excluding hydrogens is 226 g/mol. The van der Waals surface area contributed by atoms with E-state index in [9.17, 15) is 4.79 Å². The standard InChI is InChI=1S/C15H27NO2/c17-12-14-7-9-16(10-8-14)15(18)11-13-5-3-1-2-4-6-13/h13-14,17H,1-12H2. The SMILES string of the molecule is O=C(CC1CCCCCC1)N1CCC(CO)CC1. The molecule has 2 fully saturated rings.